The second-order valence-corrected chi connectivity index (χ2v) is 23.6. The van der Waals surface area contributed by atoms with Crippen molar-refractivity contribution in [2.24, 2.45) is 0 Å². The topological polar surface area (TPSA) is 199 Å². The summed E-state index contributed by atoms with van der Waals surface area (Å²) in [6.45, 7) is 8.23. The van der Waals surface area contributed by atoms with Gasteiger partial charge in [-0.05, 0) is 65.8 Å². The largest absolute Gasteiger partial charge is 0.494 e. The lowest BCUT2D eigenvalue weighted by Crippen LogP contribution is -2.41. The van der Waals surface area contributed by atoms with Crippen molar-refractivity contribution < 1.29 is 9.31 Å². The molecule has 15 rings (SSSR count). The lowest BCUT2D eigenvalue weighted by molar-refractivity contribution is 0.00578. The van der Waals surface area contributed by atoms with Crippen LogP contribution in [0.3, 0.4) is 0 Å². The zero-order valence-corrected chi connectivity index (χ0v) is 53.2. The Morgan fingerprint density at radius 3 is 0.702 bits per heavy atom. The molecule has 1 aliphatic rings. The van der Waals surface area contributed by atoms with Crippen molar-refractivity contribution in [2.75, 3.05) is 0 Å². The van der Waals surface area contributed by atoms with E-state index >= 15 is 0 Å². The minimum Gasteiger partial charge on any atom is -0.399 e. The maximum atomic E-state index is 6.19. The Hall–Kier alpha value is -11.4. The van der Waals surface area contributed by atoms with Crippen molar-refractivity contribution in [3.05, 3.63) is 285 Å². The monoisotopic (exact) mass is 1290 g/mol. The summed E-state index contributed by atoms with van der Waals surface area (Å²) in [4.78, 5) is 63.7. The van der Waals surface area contributed by atoms with E-state index in [1.54, 1.807) is 49.6 Å². The fourth-order valence-electron chi connectivity index (χ4n) is 9.92. The van der Waals surface area contributed by atoms with Gasteiger partial charge < -0.3 is 9.31 Å². The summed E-state index contributed by atoms with van der Waals surface area (Å²) >= 11 is 3.29. The molecule has 0 N–H and O–H groups in total. The molecule has 0 bridgehead atoms. The molecule has 0 atom stereocenters. The highest BCUT2D eigenvalue weighted by molar-refractivity contribution is 9.10. The number of rotatable bonds is 12. The van der Waals surface area contributed by atoms with Crippen LogP contribution < -0.4 is 5.46 Å². The molecular formula is C76H58BBrN14O2. The predicted molar refractivity (Wildman–Crippen MR) is 372 cm³/mol. The van der Waals surface area contributed by atoms with Gasteiger partial charge in [-0.1, -0.05) is 231 Å². The number of hydrogen-bond acceptors (Lipinski definition) is 16. The molecule has 7 heterocycles. The lowest BCUT2D eigenvalue weighted by atomic mass is 9.79. The Bertz CT molecular complexity index is 4660. The van der Waals surface area contributed by atoms with Crippen molar-refractivity contribution in [3.8, 4) is 125 Å². The van der Waals surface area contributed by atoms with Gasteiger partial charge in [-0.3, -0.25) is 0 Å². The first kappa shape index (κ1) is 61.4. The normalized spacial score (nSPS) is 12.8. The van der Waals surface area contributed by atoms with Crippen molar-refractivity contribution in [3.63, 3.8) is 0 Å². The molecule has 0 amide bonds. The SMILES string of the molecule is Brc1cnc(-c2ncc(-c3ccccc3)cn2)nc1.CC1(C)OB(c2ccc(-c3nc(-c4ccccc4)nc(-c4ccccc4)n3)cc2)OC1(C)C.c1ccc(-c2cnc(-c3ncc(-c4ccc(-c5nc(-c6ccccc6)nc(-c6ccccc6)n5)cc4)cn3)nc2)cc1. The molecule has 1 saturated heterocycles. The van der Waals surface area contributed by atoms with E-state index < -0.39 is 7.12 Å². The highest BCUT2D eigenvalue weighted by Crippen LogP contribution is 2.37. The van der Waals surface area contributed by atoms with E-state index in [0.29, 0.717) is 58.2 Å². The number of benzene rings is 8. The summed E-state index contributed by atoms with van der Waals surface area (Å²) in [5, 5.41) is 0. The van der Waals surface area contributed by atoms with Gasteiger partial charge in [0, 0.05) is 99.6 Å². The third-order valence-corrected chi connectivity index (χ3v) is 16.2. The zero-order valence-electron chi connectivity index (χ0n) is 51.6. The summed E-state index contributed by atoms with van der Waals surface area (Å²) in [6, 6.07) is 76.0. The van der Waals surface area contributed by atoms with Crippen LogP contribution in [0.1, 0.15) is 27.7 Å². The molecule has 6 aromatic heterocycles. The van der Waals surface area contributed by atoms with Gasteiger partial charge in [-0.25, -0.2) is 69.8 Å². The lowest BCUT2D eigenvalue weighted by Gasteiger charge is -2.32. The average molecular weight is 1290 g/mol. The van der Waals surface area contributed by atoms with Gasteiger partial charge in [-0.15, -0.1) is 0 Å². The summed E-state index contributed by atoms with van der Waals surface area (Å²) in [5.74, 6) is 5.79. The fraction of sp³-hybridized carbons (Fsp3) is 0.0789. The van der Waals surface area contributed by atoms with Gasteiger partial charge in [0.15, 0.2) is 58.2 Å². The fourth-order valence-corrected chi connectivity index (χ4v) is 10.1. The molecule has 0 aliphatic carbocycles. The zero-order chi connectivity index (χ0) is 64.3. The number of aromatic nitrogens is 14. The van der Waals surface area contributed by atoms with Crippen LogP contribution in [0.15, 0.2) is 285 Å². The maximum absolute atomic E-state index is 6.19. The van der Waals surface area contributed by atoms with Crippen LogP contribution in [0.5, 0.6) is 0 Å². The highest BCUT2D eigenvalue weighted by atomic mass is 79.9. The maximum Gasteiger partial charge on any atom is 0.494 e. The number of hydrogen-bond donors (Lipinski definition) is 0. The molecule has 94 heavy (non-hydrogen) atoms. The Kier molecular flexibility index (Phi) is 18.3. The van der Waals surface area contributed by atoms with Crippen LogP contribution in [-0.2, 0) is 9.31 Å². The van der Waals surface area contributed by atoms with E-state index in [0.717, 1.165) is 76.7 Å². The summed E-state index contributed by atoms with van der Waals surface area (Å²) in [7, 11) is -0.401. The van der Waals surface area contributed by atoms with Crippen LogP contribution >= 0.6 is 15.9 Å². The van der Waals surface area contributed by atoms with Gasteiger partial charge >= 0.3 is 7.12 Å². The summed E-state index contributed by atoms with van der Waals surface area (Å²) < 4.78 is 13.2. The van der Waals surface area contributed by atoms with E-state index in [4.69, 9.17) is 39.2 Å². The standard InChI is InChI=1S/C35H23N7.C27H26BN3O2.C14H9BrN4/c1-4-10-24(11-5-1)29-20-36-34(37-21-29)35-38-22-30(23-39-35)25-16-18-28(19-17-25)33-41-31(26-12-6-2-7-13-26)40-32(42-33)27-14-8-3-9-15-27;1-26(2)27(3,4)33-28(32-26)22-17-15-21(16-18-22)25-30-23(19-11-7-5-8-12-19)29-24(31-25)20-13-9-6-10-14-20;15-12-8-18-14(19-9-12)13-16-6-11(7-17-13)10-4-2-1-3-5-10/h1-23H;5-18H,1-4H3;1-9H. The second-order valence-electron chi connectivity index (χ2n) is 22.7. The van der Waals surface area contributed by atoms with Crippen LogP contribution in [0.25, 0.3) is 125 Å². The van der Waals surface area contributed by atoms with Crippen molar-refractivity contribution in [1.82, 2.24) is 69.8 Å². The van der Waals surface area contributed by atoms with Crippen LogP contribution in [-0.4, -0.2) is 88.1 Å². The first-order chi connectivity index (χ1) is 45.9. The molecule has 16 nitrogen and oxygen atoms in total. The third-order valence-electron chi connectivity index (χ3n) is 15.8. The van der Waals surface area contributed by atoms with Gasteiger partial charge in [-0.2, -0.15) is 0 Å². The quantitative estimate of drug-likeness (QED) is 0.105. The Balaban J connectivity index is 0.000000137. The Morgan fingerprint density at radius 2 is 0.436 bits per heavy atom. The van der Waals surface area contributed by atoms with Crippen molar-refractivity contribution in [2.45, 2.75) is 38.9 Å². The van der Waals surface area contributed by atoms with Crippen LogP contribution in [0.4, 0.5) is 0 Å². The number of nitrogens with zero attached hydrogens (tertiary/aromatic N) is 14. The van der Waals surface area contributed by atoms with Crippen LogP contribution in [0.2, 0.25) is 0 Å². The molecular weight excluding hydrogens is 1230 g/mol. The van der Waals surface area contributed by atoms with Crippen molar-refractivity contribution >= 4 is 28.5 Å². The summed E-state index contributed by atoms with van der Waals surface area (Å²) in [6.07, 6.45) is 14.1. The first-order valence-corrected chi connectivity index (χ1v) is 31.1. The molecule has 0 saturated carbocycles. The molecule has 0 radical (unpaired) electrons. The predicted octanol–water partition coefficient (Wildman–Crippen LogP) is 16.0. The smallest absolute Gasteiger partial charge is 0.399 e. The van der Waals surface area contributed by atoms with Gasteiger partial charge in [0.2, 0.25) is 0 Å². The van der Waals surface area contributed by atoms with Crippen LogP contribution in [0, 0.1) is 0 Å². The third kappa shape index (κ3) is 14.5. The molecule has 454 valence electrons. The van der Waals surface area contributed by atoms with E-state index in [1.165, 1.54) is 0 Å². The molecule has 0 spiro atoms. The number of halogens is 1. The minimum absolute atomic E-state index is 0.375. The summed E-state index contributed by atoms with van der Waals surface area (Å²) in [5.41, 5.74) is 11.7. The first-order valence-electron chi connectivity index (χ1n) is 30.3. The molecule has 0 unspecified atom stereocenters. The van der Waals surface area contributed by atoms with Gasteiger partial charge in [0.1, 0.15) is 0 Å². The van der Waals surface area contributed by atoms with E-state index in [1.807, 2.05) is 231 Å². The highest BCUT2D eigenvalue weighted by Gasteiger charge is 2.51. The average Bonchev–Trinajstić information content (AvgIpc) is 1.59. The van der Waals surface area contributed by atoms with E-state index in [-0.39, 0.29) is 11.2 Å². The van der Waals surface area contributed by atoms with Crippen molar-refractivity contribution in [1.29, 1.82) is 0 Å². The van der Waals surface area contributed by atoms with Gasteiger partial charge in [0.05, 0.1) is 15.7 Å². The molecule has 1 fully saturated rings. The molecule has 1 aliphatic heterocycles. The second kappa shape index (κ2) is 28.0. The van der Waals surface area contributed by atoms with Gasteiger partial charge in [0.25, 0.3) is 0 Å². The minimum atomic E-state index is -0.401. The Morgan fingerprint density at radius 1 is 0.234 bits per heavy atom. The van der Waals surface area contributed by atoms with E-state index in [9.17, 15) is 0 Å². The molecule has 18 heteroatoms. The molecule has 14 aromatic rings. The van der Waals surface area contributed by atoms with E-state index in [2.05, 4.69) is 83.5 Å². The molecule has 8 aromatic carbocycles. The Labute approximate surface area is 552 Å².